The Hall–Kier alpha value is -1.30. The molecule has 2 atom stereocenters. The molecule has 0 spiro atoms. The number of hydrogen-bond acceptors (Lipinski definition) is 14. The summed E-state index contributed by atoms with van der Waals surface area (Å²) in [4.78, 5) is 21.9. The largest absolute Gasteiger partial charge is 0.334 e. The number of rotatable bonds is 6. The van der Waals surface area contributed by atoms with Crippen LogP contribution in [0.3, 0.4) is 0 Å². The van der Waals surface area contributed by atoms with Gasteiger partial charge < -0.3 is 9.78 Å². The van der Waals surface area contributed by atoms with Crippen LogP contribution in [0.2, 0.25) is 0 Å². The third kappa shape index (κ3) is 2.29. The highest BCUT2D eigenvalue weighted by Gasteiger charge is 2.50. The second-order valence-electron chi connectivity index (χ2n) is 2.59. The van der Waals surface area contributed by atoms with Crippen molar-refractivity contribution in [3.63, 3.8) is 0 Å². The highest BCUT2D eigenvalue weighted by atomic mass is 17.3. The normalized spacial score (nSPS) is 25.6. The highest BCUT2D eigenvalue weighted by Crippen LogP contribution is 2.30. The molecule has 0 bridgehead atoms. The third-order valence-electron chi connectivity index (χ3n) is 1.85. The molecule has 1 heterocycles. The van der Waals surface area contributed by atoms with E-state index >= 15 is 0 Å². The summed E-state index contributed by atoms with van der Waals surface area (Å²) in [6.07, 6.45) is -4.02. The topological polar surface area (TPSA) is 183 Å². The van der Waals surface area contributed by atoms with Gasteiger partial charge in [-0.05, 0) is 0 Å². The molecule has 0 fully saturated rings. The molecule has 0 amide bonds. The van der Waals surface area contributed by atoms with Crippen molar-refractivity contribution in [1.29, 1.82) is 0 Å². The van der Waals surface area contributed by atoms with Crippen LogP contribution in [-0.2, 0) is 29.5 Å². The van der Waals surface area contributed by atoms with Gasteiger partial charge >= 0.3 is 5.88 Å². The molecule has 0 aliphatic carbocycles. The zero-order valence-corrected chi connectivity index (χ0v) is 8.18. The van der Waals surface area contributed by atoms with E-state index < -0.39 is 24.2 Å². The molecule has 0 saturated carbocycles. The first-order chi connectivity index (χ1) is 8.69. The maximum absolute atomic E-state index is 8.53. The van der Waals surface area contributed by atoms with E-state index in [4.69, 9.17) is 31.5 Å². The Balaban J connectivity index is 3.25. The van der Waals surface area contributed by atoms with Crippen LogP contribution < -0.4 is 0 Å². The molecule has 1 aliphatic heterocycles. The zero-order valence-electron chi connectivity index (χ0n) is 8.18. The molecule has 2 unspecified atom stereocenters. The molecule has 0 saturated heterocycles. The standard InChI is InChI=1S/C4H8N2O12/c7-13-1-2(14-8)5(17-11)4(16-10)6(18-12)3(1)15-9/h2,4,7-12H. The Bertz CT molecular complexity index is 268. The summed E-state index contributed by atoms with van der Waals surface area (Å²) in [6.45, 7) is 0. The minimum absolute atomic E-state index is 0.00269. The zero-order chi connectivity index (χ0) is 13.7. The minimum Gasteiger partial charge on any atom is -0.334 e. The molecule has 14 heteroatoms. The van der Waals surface area contributed by atoms with Crippen molar-refractivity contribution in [3.8, 4) is 0 Å². The number of nitrogens with zero attached hydrogens (tertiary/aromatic N) is 2. The number of hydrogen-bond donors (Lipinski definition) is 6. The van der Waals surface area contributed by atoms with E-state index in [9.17, 15) is 0 Å². The van der Waals surface area contributed by atoms with Crippen molar-refractivity contribution in [2.75, 3.05) is 0 Å². The first kappa shape index (κ1) is 14.8. The summed E-state index contributed by atoms with van der Waals surface area (Å²) >= 11 is 0. The molecule has 0 radical (unpaired) electrons. The first-order valence-corrected chi connectivity index (χ1v) is 3.88. The Kier molecular flexibility index (Phi) is 5.40. The van der Waals surface area contributed by atoms with E-state index in [1.807, 2.05) is 0 Å². The van der Waals surface area contributed by atoms with Gasteiger partial charge in [0.2, 0.25) is 6.23 Å². The minimum atomic E-state index is -2.04. The van der Waals surface area contributed by atoms with Crippen LogP contribution in [0.1, 0.15) is 0 Å². The van der Waals surface area contributed by atoms with E-state index in [0.717, 1.165) is 0 Å². The second kappa shape index (κ2) is 6.58. The maximum atomic E-state index is 8.53. The van der Waals surface area contributed by atoms with Gasteiger partial charge in [-0.3, -0.25) is 0 Å². The fourth-order valence-electron chi connectivity index (χ4n) is 1.16. The van der Waals surface area contributed by atoms with Crippen molar-refractivity contribution in [3.05, 3.63) is 11.6 Å². The van der Waals surface area contributed by atoms with Gasteiger partial charge in [-0.25, -0.2) is 36.4 Å². The third-order valence-corrected chi connectivity index (χ3v) is 1.85. The number of hydroxylamine groups is 4. The fraction of sp³-hybridized carbons (Fsp3) is 0.500. The van der Waals surface area contributed by atoms with E-state index in [2.05, 4.69) is 29.5 Å². The van der Waals surface area contributed by atoms with Crippen LogP contribution in [0, 0.1) is 0 Å². The smallest absolute Gasteiger partial charge is 0.309 e. The van der Waals surface area contributed by atoms with Crippen molar-refractivity contribution >= 4 is 0 Å². The van der Waals surface area contributed by atoms with E-state index in [1.54, 1.807) is 0 Å². The lowest BCUT2D eigenvalue weighted by Gasteiger charge is -2.38. The monoisotopic (exact) mass is 276 g/mol. The van der Waals surface area contributed by atoms with Crippen LogP contribution >= 0.6 is 0 Å². The van der Waals surface area contributed by atoms with Crippen LogP contribution in [0.15, 0.2) is 11.6 Å². The Morgan fingerprint density at radius 3 is 1.83 bits per heavy atom. The summed E-state index contributed by atoms with van der Waals surface area (Å²) in [5, 5.41) is 51.1. The lowest BCUT2D eigenvalue weighted by Crippen LogP contribution is -2.58. The maximum Gasteiger partial charge on any atom is 0.309 e. The molecule has 1 aliphatic rings. The van der Waals surface area contributed by atoms with Gasteiger partial charge in [-0.2, -0.15) is 4.89 Å². The molecule has 0 aromatic heterocycles. The average Bonchev–Trinajstić information content (AvgIpc) is 2.43. The Morgan fingerprint density at radius 1 is 0.833 bits per heavy atom. The summed E-state index contributed by atoms with van der Waals surface area (Å²) in [5.41, 5.74) is 0. The van der Waals surface area contributed by atoms with Gasteiger partial charge in [-0.1, -0.05) is 5.06 Å². The summed E-state index contributed by atoms with van der Waals surface area (Å²) in [6, 6.07) is 0. The van der Waals surface area contributed by atoms with Gasteiger partial charge in [0, 0.05) is 0 Å². The highest BCUT2D eigenvalue weighted by molar-refractivity contribution is 5.07. The summed E-state index contributed by atoms with van der Waals surface area (Å²) in [5.74, 6) is -1.98. The van der Waals surface area contributed by atoms with Gasteiger partial charge in [0.05, 0.1) is 0 Å². The molecule has 1 rings (SSSR count). The summed E-state index contributed by atoms with van der Waals surface area (Å²) in [7, 11) is 0. The van der Waals surface area contributed by atoms with Crippen LogP contribution in [0.25, 0.3) is 0 Å². The molecule has 0 aromatic carbocycles. The fourth-order valence-corrected chi connectivity index (χ4v) is 1.16. The molecular weight excluding hydrogens is 268 g/mol. The van der Waals surface area contributed by atoms with Gasteiger partial charge in [0.15, 0.2) is 0 Å². The van der Waals surface area contributed by atoms with Crippen molar-refractivity contribution in [1.82, 2.24) is 10.1 Å². The van der Waals surface area contributed by atoms with Gasteiger partial charge in [0.25, 0.3) is 12.1 Å². The van der Waals surface area contributed by atoms with Crippen molar-refractivity contribution < 1.29 is 61.1 Å². The molecule has 18 heavy (non-hydrogen) atoms. The lowest BCUT2D eigenvalue weighted by molar-refractivity contribution is -0.579. The van der Waals surface area contributed by atoms with Crippen molar-refractivity contribution in [2.45, 2.75) is 12.6 Å². The lowest BCUT2D eigenvalue weighted by atomic mass is 10.3. The van der Waals surface area contributed by atoms with Gasteiger partial charge in [-0.15, -0.1) is 15.0 Å². The van der Waals surface area contributed by atoms with E-state index in [1.165, 1.54) is 0 Å². The SMILES string of the molecule is OOC1=C(OO)N(OO)C(OO)N(OO)C1OO. The van der Waals surface area contributed by atoms with E-state index in [-0.39, 0.29) is 10.1 Å². The average molecular weight is 276 g/mol. The van der Waals surface area contributed by atoms with Crippen LogP contribution in [-0.4, -0.2) is 54.2 Å². The predicted octanol–water partition coefficient (Wildman–Crippen LogP) is -0.850. The van der Waals surface area contributed by atoms with Gasteiger partial charge in [0.1, 0.15) is 0 Å². The van der Waals surface area contributed by atoms with Crippen LogP contribution in [0.4, 0.5) is 0 Å². The quantitative estimate of drug-likeness (QED) is 0.260. The Morgan fingerprint density at radius 2 is 1.50 bits per heavy atom. The molecule has 6 N–H and O–H groups in total. The summed E-state index contributed by atoms with van der Waals surface area (Å²) < 4.78 is 0. The molecular formula is C4H8N2O12. The van der Waals surface area contributed by atoms with E-state index in [0.29, 0.717) is 0 Å². The van der Waals surface area contributed by atoms with Crippen LogP contribution in [0.5, 0.6) is 0 Å². The predicted molar refractivity (Wildman–Crippen MR) is 40.6 cm³/mol. The first-order valence-electron chi connectivity index (χ1n) is 3.88. The Labute approximate surface area is 96.6 Å². The molecule has 14 nitrogen and oxygen atoms in total. The second-order valence-corrected chi connectivity index (χ2v) is 2.59. The molecule has 0 aromatic rings. The molecule has 106 valence electrons. The van der Waals surface area contributed by atoms with Crippen molar-refractivity contribution in [2.24, 2.45) is 0 Å².